The molecule has 1 aliphatic heterocycles. The SMILES string of the molecule is CC(C)(C)OC(=O)CCOCC(COCCC(=O)OC(C)(C)C)(COCCC(=O)OC(C)(C)C)NC(=O)CCOCCOCCOCCOCCOCCOCCOCCOCCOCCOCCOCCOCCN1C(=O)c2ccccc2C1=O. The number of hydrogen-bond donors (Lipinski definition) is 1. The highest BCUT2D eigenvalue weighted by Crippen LogP contribution is 2.22. The molecular formula is C60H102N2O24. The summed E-state index contributed by atoms with van der Waals surface area (Å²) in [6.45, 7) is 24.7. The van der Waals surface area contributed by atoms with Crippen LogP contribution in [-0.4, -0.2) is 268 Å². The Morgan fingerprint density at radius 3 is 0.826 bits per heavy atom. The van der Waals surface area contributed by atoms with Crippen LogP contribution in [-0.2, 0) is 104 Å². The molecule has 86 heavy (non-hydrogen) atoms. The van der Waals surface area contributed by atoms with Crippen molar-refractivity contribution in [2.45, 2.75) is 110 Å². The maximum Gasteiger partial charge on any atom is 0.308 e. The van der Waals surface area contributed by atoms with Gasteiger partial charge in [0.1, 0.15) is 22.3 Å². The molecule has 1 N–H and O–H groups in total. The van der Waals surface area contributed by atoms with Crippen LogP contribution in [0.15, 0.2) is 24.3 Å². The molecule has 1 aromatic carbocycles. The van der Waals surface area contributed by atoms with Gasteiger partial charge >= 0.3 is 17.9 Å². The molecule has 26 heteroatoms. The van der Waals surface area contributed by atoms with Gasteiger partial charge in [0.25, 0.3) is 11.8 Å². The van der Waals surface area contributed by atoms with Crippen molar-refractivity contribution in [1.29, 1.82) is 0 Å². The van der Waals surface area contributed by atoms with E-state index in [9.17, 15) is 28.8 Å². The number of amides is 3. The molecule has 0 saturated carbocycles. The van der Waals surface area contributed by atoms with E-state index in [0.717, 1.165) is 0 Å². The third-order valence-electron chi connectivity index (χ3n) is 11.1. The van der Waals surface area contributed by atoms with Crippen molar-refractivity contribution >= 4 is 35.6 Å². The Bertz CT molecular complexity index is 1870. The Morgan fingerprint density at radius 2 is 0.570 bits per heavy atom. The van der Waals surface area contributed by atoms with E-state index in [-0.39, 0.29) is 110 Å². The fourth-order valence-corrected chi connectivity index (χ4v) is 7.32. The first-order chi connectivity index (χ1) is 41.1. The van der Waals surface area contributed by atoms with Crippen molar-refractivity contribution in [2.24, 2.45) is 0 Å². The molecule has 2 rings (SSSR count). The summed E-state index contributed by atoms with van der Waals surface area (Å²) in [5.41, 5.74) is -2.45. The van der Waals surface area contributed by atoms with Crippen LogP contribution in [0.1, 0.15) is 109 Å². The van der Waals surface area contributed by atoms with Crippen LogP contribution in [0.3, 0.4) is 0 Å². The summed E-state index contributed by atoms with van der Waals surface area (Å²) >= 11 is 0. The average molecular weight is 1240 g/mol. The molecular weight excluding hydrogens is 1130 g/mol. The Labute approximate surface area is 508 Å². The van der Waals surface area contributed by atoms with Gasteiger partial charge in [-0.2, -0.15) is 0 Å². The highest BCUT2D eigenvalue weighted by Gasteiger charge is 2.36. The molecule has 0 aliphatic carbocycles. The molecule has 0 atom stereocenters. The van der Waals surface area contributed by atoms with Crippen LogP contribution in [0.4, 0.5) is 0 Å². The van der Waals surface area contributed by atoms with E-state index in [1.165, 1.54) is 4.90 Å². The molecule has 0 spiro atoms. The zero-order chi connectivity index (χ0) is 63.2. The van der Waals surface area contributed by atoms with E-state index in [4.69, 9.17) is 85.3 Å². The van der Waals surface area contributed by atoms with Crippen molar-refractivity contribution in [1.82, 2.24) is 10.2 Å². The molecule has 0 aromatic heterocycles. The number of hydrogen-bond acceptors (Lipinski definition) is 24. The third kappa shape index (κ3) is 42.5. The largest absolute Gasteiger partial charge is 0.460 e. The predicted octanol–water partition coefficient (Wildman–Crippen LogP) is 3.97. The summed E-state index contributed by atoms with van der Waals surface area (Å²) in [6, 6.07) is 6.78. The Balaban J connectivity index is 1.42. The fraction of sp³-hybridized carbons (Fsp3) is 0.800. The van der Waals surface area contributed by atoms with E-state index >= 15 is 0 Å². The number of ether oxygens (including phenoxy) is 18. The summed E-state index contributed by atoms with van der Waals surface area (Å²) in [5.74, 6) is -2.34. The highest BCUT2D eigenvalue weighted by atomic mass is 16.6. The van der Waals surface area contributed by atoms with Crippen LogP contribution in [0.5, 0.6) is 0 Å². The zero-order valence-corrected chi connectivity index (χ0v) is 52.8. The average Bonchev–Trinajstić information content (AvgIpc) is 3.89. The lowest BCUT2D eigenvalue weighted by Crippen LogP contribution is -2.59. The smallest absolute Gasteiger partial charge is 0.308 e. The molecule has 0 saturated heterocycles. The Hall–Kier alpha value is -4.36. The molecule has 1 heterocycles. The van der Waals surface area contributed by atoms with Crippen molar-refractivity contribution < 1.29 is 114 Å². The summed E-state index contributed by atoms with van der Waals surface area (Å²) < 4.78 is 100. The number of carbonyl (C=O) groups is 6. The molecule has 0 radical (unpaired) electrons. The third-order valence-corrected chi connectivity index (χ3v) is 11.1. The number of imide groups is 1. The number of esters is 3. The summed E-state index contributed by atoms with van der Waals surface area (Å²) in [4.78, 5) is 76.5. The topological polar surface area (TPSA) is 284 Å². The van der Waals surface area contributed by atoms with Crippen LogP contribution in [0.2, 0.25) is 0 Å². The minimum atomic E-state index is -1.29. The molecule has 496 valence electrons. The van der Waals surface area contributed by atoms with Crippen LogP contribution in [0, 0.1) is 0 Å². The van der Waals surface area contributed by atoms with Crippen molar-refractivity contribution in [3.05, 3.63) is 35.4 Å². The van der Waals surface area contributed by atoms with E-state index < -0.39 is 46.2 Å². The van der Waals surface area contributed by atoms with Crippen LogP contribution >= 0.6 is 0 Å². The van der Waals surface area contributed by atoms with Gasteiger partial charge in [-0.25, -0.2) is 0 Å². The first-order valence-corrected chi connectivity index (χ1v) is 29.7. The quantitative estimate of drug-likeness (QED) is 0.0418. The van der Waals surface area contributed by atoms with E-state index in [2.05, 4.69) is 5.32 Å². The van der Waals surface area contributed by atoms with E-state index in [1.807, 2.05) is 0 Å². The van der Waals surface area contributed by atoms with Gasteiger partial charge in [-0.1, -0.05) is 12.1 Å². The number of rotatable bonds is 55. The van der Waals surface area contributed by atoms with Crippen molar-refractivity contribution in [2.75, 3.05) is 205 Å². The van der Waals surface area contributed by atoms with Crippen molar-refractivity contribution in [3.63, 3.8) is 0 Å². The molecule has 26 nitrogen and oxygen atoms in total. The molecule has 1 aliphatic rings. The van der Waals surface area contributed by atoms with Gasteiger partial charge in [-0.15, -0.1) is 0 Å². The number of fused-ring (bicyclic) bond motifs is 1. The number of carbonyl (C=O) groups excluding carboxylic acids is 6. The van der Waals surface area contributed by atoms with Gasteiger partial charge in [0.05, 0.1) is 235 Å². The standard InChI is InChI=1S/C60H102N2O24/c1-57(2,3)84-52(64)15-20-81-46-60(47-82-21-16-53(65)85-58(4,5)6,48-83-22-17-54(66)86-59(7,8)9)61-51(63)14-19-69-24-26-71-28-30-73-32-34-75-36-38-77-40-42-79-44-45-80-43-41-78-39-37-76-35-33-74-31-29-72-27-25-70-23-18-62-55(67)49-12-10-11-13-50(49)56(62)68/h10-13H,14-48H2,1-9H3,(H,61,63). The van der Waals surface area contributed by atoms with Gasteiger partial charge in [0.2, 0.25) is 5.91 Å². The van der Waals surface area contributed by atoms with Gasteiger partial charge < -0.3 is 90.6 Å². The maximum absolute atomic E-state index is 13.4. The van der Waals surface area contributed by atoms with Gasteiger partial charge in [-0.3, -0.25) is 33.7 Å². The monoisotopic (exact) mass is 1230 g/mol. The summed E-state index contributed by atoms with van der Waals surface area (Å²) in [7, 11) is 0. The lowest BCUT2D eigenvalue weighted by atomic mass is 10.0. The van der Waals surface area contributed by atoms with Crippen molar-refractivity contribution in [3.8, 4) is 0 Å². The zero-order valence-electron chi connectivity index (χ0n) is 52.8. The number of nitrogens with one attached hydrogen (secondary N) is 1. The molecule has 3 amide bonds. The predicted molar refractivity (Wildman–Crippen MR) is 311 cm³/mol. The highest BCUT2D eigenvalue weighted by molar-refractivity contribution is 6.21. The first-order valence-electron chi connectivity index (χ1n) is 29.7. The molecule has 0 unspecified atom stereocenters. The van der Waals surface area contributed by atoms with E-state index in [0.29, 0.717) is 143 Å². The van der Waals surface area contributed by atoms with Gasteiger partial charge in [0, 0.05) is 6.42 Å². The Kier molecular flexibility index (Phi) is 42.2. The maximum atomic E-state index is 13.4. The van der Waals surface area contributed by atoms with Crippen LogP contribution < -0.4 is 5.32 Å². The second-order valence-corrected chi connectivity index (χ2v) is 22.4. The normalized spacial score (nSPS) is 12.9. The summed E-state index contributed by atoms with van der Waals surface area (Å²) in [6.07, 6.45) is -0.149. The molecule has 0 fully saturated rings. The second-order valence-electron chi connectivity index (χ2n) is 22.4. The summed E-state index contributed by atoms with van der Waals surface area (Å²) in [5, 5.41) is 2.96. The van der Waals surface area contributed by atoms with Crippen LogP contribution in [0.25, 0.3) is 0 Å². The first kappa shape index (κ1) is 77.7. The second kappa shape index (κ2) is 46.7. The van der Waals surface area contributed by atoms with E-state index in [1.54, 1.807) is 86.6 Å². The minimum Gasteiger partial charge on any atom is -0.460 e. The lowest BCUT2D eigenvalue weighted by Gasteiger charge is -2.34. The molecule has 0 bridgehead atoms. The minimum absolute atomic E-state index is 0.0209. The molecule has 1 aromatic rings. The number of nitrogens with zero attached hydrogens (tertiary/aromatic N) is 1. The number of benzene rings is 1. The Morgan fingerprint density at radius 1 is 0.337 bits per heavy atom. The van der Waals surface area contributed by atoms with Gasteiger partial charge in [-0.05, 0) is 74.4 Å². The fourth-order valence-electron chi connectivity index (χ4n) is 7.32. The lowest BCUT2D eigenvalue weighted by molar-refractivity contribution is -0.157. The van der Waals surface area contributed by atoms with Gasteiger partial charge in [0.15, 0.2) is 0 Å².